The summed E-state index contributed by atoms with van der Waals surface area (Å²) in [6.45, 7) is 2.84. The van der Waals surface area contributed by atoms with Crippen molar-refractivity contribution in [3.05, 3.63) is 48.6 Å². The highest BCUT2D eigenvalue weighted by Crippen LogP contribution is 2.03. The van der Waals surface area contributed by atoms with Crippen LogP contribution < -0.4 is 0 Å². The van der Waals surface area contributed by atoms with E-state index in [2.05, 4.69) is 11.3 Å². The van der Waals surface area contributed by atoms with Gasteiger partial charge in [-0.3, -0.25) is 4.79 Å². The molecule has 1 unspecified atom stereocenters. The van der Waals surface area contributed by atoms with Crippen LogP contribution in [0.25, 0.3) is 0 Å². The van der Waals surface area contributed by atoms with Gasteiger partial charge in [0.1, 0.15) is 6.61 Å². The second-order valence-electron chi connectivity index (χ2n) is 3.08. The Balaban J connectivity index is 2.55. The molecular weight excluding hydrogens is 208 g/mol. The molecule has 0 aromatic heterocycles. The van der Waals surface area contributed by atoms with Gasteiger partial charge in [0.15, 0.2) is 11.9 Å². The standard InChI is InChI=1S/C12H12O4/c1-2-11(14)16-8-10(13)12(15)9-6-4-3-5-7-9/h2-7,10,13H,1,8H2. The molecule has 4 heteroatoms. The second kappa shape index (κ2) is 5.82. The first-order valence-electron chi connectivity index (χ1n) is 4.71. The van der Waals surface area contributed by atoms with Gasteiger partial charge in [0.05, 0.1) is 0 Å². The van der Waals surface area contributed by atoms with Gasteiger partial charge in [0.25, 0.3) is 0 Å². The van der Waals surface area contributed by atoms with E-state index in [0.717, 1.165) is 6.08 Å². The first-order chi connectivity index (χ1) is 7.65. The number of aliphatic hydroxyl groups excluding tert-OH is 1. The van der Waals surface area contributed by atoms with Crippen molar-refractivity contribution in [1.82, 2.24) is 0 Å². The Morgan fingerprint density at radius 1 is 1.38 bits per heavy atom. The Hall–Kier alpha value is -1.94. The van der Waals surface area contributed by atoms with Crippen LogP contribution in [0.3, 0.4) is 0 Å². The lowest BCUT2D eigenvalue weighted by molar-refractivity contribution is -0.139. The third-order valence-corrected chi connectivity index (χ3v) is 1.91. The number of esters is 1. The van der Waals surface area contributed by atoms with E-state index in [0.29, 0.717) is 5.56 Å². The number of ketones is 1. The molecule has 0 aliphatic rings. The molecule has 84 valence electrons. The molecule has 0 heterocycles. The molecule has 0 bridgehead atoms. The van der Waals surface area contributed by atoms with Crippen LogP contribution in [0.1, 0.15) is 10.4 Å². The third kappa shape index (κ3) is 3.33. The number of carbonyl (C=O) groups is 2. The van der Waals surface area contributed by atoms with Gasteiger partial charge in [0.2, 0.25) is 0 Å². The molecule has 16 heavy (non-hydrogen) atoms. The van der Waals surface area contributed by atoms with Crippen molar-refractivity contribution in [2.45, 2.75) is 6.10 Å². The number of ether oxygens (including phenoxy) is 1. The van der Waals surface area contributed by atoms with Gasteiger partial charge in [-0.15, -0.1) is 0 Å². The molecule has 0 amide bonds. The summed E-state index contributed by atoms with van der Waals surface area (Å²) in [6.07, 6.45) is -0.369. The summed E-state index contributed by atoms with van der Waals surface area (Å²) in [5, 5.41) is 9.45. The SMILES string of the molecule is C=CC(=O)OCC(O)C(=O)c1ccccc1. The Labute approximate surface area is 93.2 Å². The van der Waals surface area contributed by atoms with E-state index < -0.39 is 17.9 Å². The molecule has 0 fully saturated rings. The highest BCUT2D eigenvalue weighted by Gasteiger charge is 2.18. The molecule has 0 aliphatic carbocycles. The van der Waals surface area contributed by atoms with Crippen LogP contribution in [0.2, 0.25) is 0 Å². The zero-order valence-corrected chi connectivity index (χ0v) is 8.63. The minimum absolute atomic E-state index is 0.363. The van der Waals surface area contributed by atoms with Crippen LogP contribution in [0, 0.1) is 0 Å². The molecule has 0 spiro atoms. The summed E-state index contributed by atoms with van der Waals surface area (Å²) in [5.41, 5.74) is 0.379. The normalized spacial score (nSPS) is 11.6. The highest BCUT2D eigenvalue weighted by molar-refractivity contribution is 5.99. The van der Waals surface area contributed by atoms with E-state index in [1.54, 1.807) is 30.3 Å². The topological polar surface area (TPSA) is 63.6 Å². The fourth-order valence-electron chi connectivity index (χ4n) is 1.09. The van der Waals surface area contributed by atoms with E-state index in [-0.39, 0.29) is 6.61 Å². The average Bonchev–Trinajstić information content (AvgIpc) is 2.35. The number of benzene rings is 1. The number of aliphatic hydroxyl groups is 1. The highest BCUT2D eigenvalue weighted by atomic mass is 16.5. The molecule has 1 rings (SSSR count). The molecular formula is C12H12O4. The van der Waals surface area contributed by atoms with Crippen LogP contribution in [-0.2, 0) is 9.53 Å². The lowest BCUT2D eigenvalue weighted by Crippen LogP contribution is -2.27. The Morgan fingerprint density at radius 3 is 2.56 bits per heavy atom. The van der Waals surface area contributed by atoms with Gasteiger partial charge < -0.3 is 9.84 Å². The van der Waals surface area contributed by atoms with Crippen molar-refractivity contribution in [2.24, 2.45) is 0 Å². The van der Waals surface area contributed by atoms with E-state index in [1.807, 2.05) is 0 Å². The van der Waals surface area contributed by atoms with Crippen LogP contribution in [-0.4, -0.2) is 29.6 Å². The van der Waals surface area contributed by atoms with Gasteiger partial charge in [0, 0.05) is 11.6 Å². The molecule has 1 N–H and O–H groups in total. The summed E-state index contributed by atoms with van der Waals surface area (Å²) in [4.78, 5) is 22.3. The summed E-state index contributed by atoms with van der Waals surface area (Å²) >= 11 is 0. The minimum atomic E-state index is -1.34. The maximum atomic E-state index is 11.6. The van der Waals surface area contributed by atoms with Crippen molar-refractivity contribution in [3.63, 3.8) is 0 Å². The maximum Gasteiger partial charge on any atom is 0.330 e. The van der Waals surface area contributed by atoms with Crippen LogP contribution >= 0.6 is 0 Å². The van der Waals surface area contributed by atoms with E-state index >= 15 is 0 Å². The van der Waals surface area contributed by atoms with Crippen molar-refractivity contribution >= 4 is 11.8 Å². The summed E-state index contributed by atoms with van der Waals surface area (Å²) in [5.74, 6) is -1.14. The van der Waals surface area contributed by atoms with Gasteiger partial charge in [-0.25, -0.2) is 4.79 Å². The smallest absolute Gasteiger partial charge is 0.330 e. The summed E-state index contributed by atoms with van der Waals surface area (Å²) < 4.78 is 4.57. The molecule has 0 saturated carbocycles. The zero-order valence-electron chi connectivity index (χ0n) is 8.63. The second-order valence-corrected chi connectivity index (χ2v) is 3.08. The minimum Gasteiger partial charge on any atom is -0.459 e. The van der Waals surface area contributed by atoms with E-state index in [9.17, 15) is 14.7 Å². The number of carbonyl (C=O) groups excluding carboxylic acids is 2. The summed E-state index contributed by atoms with van der Waals surface area (Å²) in [7, 11) is 0. The Kier molecular flexibility index (Phi) is 4.42. The monoisotopic (exact) mass is 220 g/mol. The number of Topliss-reactive ketones (excluding diaryl/α,β-unsaturated/α-hetero) is 1. The number of hydrogen-bond donors (Lipinski definition) is 1. The molecule has 0 aliphatic heterocycles. The molecule has 0 saturated heterocycles. The molecule has 4 nitrogen and oxygen atoms in total. The predicted octanol–water partition coefficient (Wildman–Crippen LogP) is 0.959. The van der Waals surface area contributed by atoms with E-state index in [4.69, 9.17) is 0 Å². The van der Waals surface area contributed by atoms with Crippen molar-refractivity contribution in [1.29, 1.82) is 0 Å². The maximum absolute atomic E-state index is 11.6. The largest absolute Gasteiger partial charge is 0.459 e. The third-order valence-electron chi connectivity index (χ3n) is 1.91. The fraction of sp³-hybridized carbons (Fsp3) is 0.167. The average molecular weight is 220 g/mol. The fourth-order valence-corrected chi connectivity index (χ4v) is 1.09. The lowest BCUT2D eigenvalue weighted by atomic mass is 10.1. The molecule has 1 aromatic rings. The van der Waals surface area contributed by atoms with Gasteiger partial charge in [-0.1, -0.05) is 36.9 Å². The van der Waals surface area contributed by atoms with Gasteiger partial charge in [-0.05, 0) is 0 Å². The quantitative estimate of drug-likeness (QED) is 0.456. The van der Waals surface area contributed by atoms with E-state index in [1.165, 1.54) is 0 Å². The van der Waals surface area contributed by atoms with Crippen molar-refractivity contribution in [2.75, 3.05) is 6.61 Å². The lowest BCUT2D eigenvalue weighted by Gasteiger charge is -2.09. The van der Waals surface area contributed by atoms with Crippen LogP contribution in [0.5, 0.6) is 0 Å². The number of rotatable bonds is 5. The Bertz CT molecular complexity index is 383. The molecule has 0 radical (unpaired) electrons. The Morgan fingerprint density at radius 2 is 2.00 bits per heavy atom. The molecule has 1 aromatic carbocycles. The predicted molar refractivity (Wildman–Crippen MR) is 57.9 cm³/mol. The first-order valence-corrected chi connectivity index (χ1v) is 4.71. The number of hydrogen-bond acceptors (Lipinski definition) is 4. The summed E-state index contributed by atoms with van der Waals surface area (Å²) in [6, 6.07) is 8.31. The molecule has 1 atom stereocenters. The zero-order chi connectivity index (χ0) is 12.0. The van der Waals surface area contributed by atoms with Crippen LogP contribution in [0.4, 0.5) is 0 Å². The van der Waals surface area contributed by atoms with Gasteiger partial charge >= 0.3 is 5.97 Å². The van der Waals surface area contributed by atoms with Crippen LogP contribution in [0.15, 0.2) is 43.0 Å². The van der Waals surface area contributed by atoms with Crippen molar-refractivity contribution < 1.29 is 19.4 Å². The first kappa shape index (κ1) is 12.1. The van der Waals surface area contributed by atoms with Gasteiger partial charge in [-0.2, -0.15) is 0 Å². The van der Waals surface area contributed by atoms with Crippen molar-refractivity contribution in [3.8, 4) is 0 Å².